The van der Waals surface area contributed by atoms with Crippen molar-refractivity contribution in [2.75, 3.05) is 0 Å². The van der Waals surface area contributed by atoms with Gasteiger partial charge < -0.3 is 5.11 Å². The predicted molar refractivity (Wildman–Crippen MR) is 119 cm³/mol. The SMILES string of the molecule is C[C@]12CC[C@@H](O)CC1=CC[C@H]1[C@H]2CC[C@]2(C)/C(=N/N=C\c3ccc(F)cc3)CC[C@H]12. The van der Waals surface area contributed by atoms with Gasteiger partial charge in [-0.05, 0) is 92.2 Å². The highest BCUT2D eigenvalue weighted by atomic mass is 19.1. The minimum atomic E-state index is -0.229. The molecule has 6 atom stereocenters. The Morgan fingerprint density at radius 2 is 1.77 bits per heavy atom. The Labute approximate surface area is 179 Å². The molecule has 0 heterocycles. The molecule has 0 aromatic heterocycles. The van der Waals surface area contributed by atoms with Gasteiger partial charge in [0.2, 0.25) is 0 Å². The zero-order valence-corrected chi connectivity index (χ0v) is 18.1. The lowest BCUT2D eigenvalue weighted by Gasteiger charge is -2.57. The number of allylic oxidation sites excluding steroid dienone is 1. The lowest BCUT2D eigenvalue weighted by Crippen LogP contribution is -2.50. The van der Waals surface area contributed by atoms with Crippen LogP contribution < -0.4 is 0 Å². The number of aliphatic hydroxyl groups excluding tert-OH is 1. The van der Waals surface area contributed by atoms with Crippen molar-refractivity contribution < 1.29 is 9.50 Å². The van der Waals surface area contributed by atoms with Crippen LogP contribution >= 0.6 is 0 Å². The van der Waals surface area contributed by atoms with Crippen LogP contribution in [0.25, 0.3) is 0 Å². The average molecular weight is 409 g/mol. The largest absolute Gasteiger partial charge is 0.393 e. The Bertz CT molecular complexity index is 904. The Morgan fingerprint density at radius 3 is 2.57 bits per heavy atom. The number of hydrogen-bond acceptors (Lipinski definition) is 3. The molecule has 0 unspecified atom stereocenters. The minimum Gasteiger partial charge on any atom is -0.393 e. The molecular formula is C26H33FN2O. The Kier molecular flexibility index (Phi) is 4.96. The van der Waals surface area contributed by atoms with Crippen LogP contribution in [0, 0.1) is 34.4 Å². The summed E-state index contributed by atoms with van der Waals surface area (Å²) < 4.78 is 13.1. The maximum absolute atomic E-state index is 13.1. The molecule has 0 aliphatic heterocycles. The number of aliphatic hydroxyl groups is 1. The summed E-state index contributed by atoms with van der Waals surface area (Å²) in [6.07, 6.45) is 12.9. The highest BCUT2D eigenvalue weighted by molar-refractivity contribution is 5.93. The van der Waals surface area contributed by atoms with Gasteiger partial charge in [-0.2, -0.15) is 10.2 Å². The van der Waals surface area contributed by atoms with Gasteiger partial charge in [0.15, 0.2) is 0 Å². The molecule has 30 heavy (non-hydrogen) atoms. The zero-order chi connectivity index (χ0) is 20.9. The van der Waals surface area contributed by atoms with E-state index in [-0.39, 0.29) is 22.8 Å². The topological polar surface area (TPSA) is 45.0 Å². The summed E-state index contributed by atoms with van der Waals surface area (Å²) in [6.45, 7) is 4.89. The molecule has 0 amide bonds. The molecule has 0 bridgehead atoms. The summed E-state index contributed by atoms with van der Waals surface area (Å²) in [5.41, 5.74) is 4.09. The molecule has 0 saturated heterocycles. The summed E-state index contributed by atoms with van der Waals surface area (Å²) in [6, 6.07) is 6.38. The molecule has 0 radical (unpaired) electrons. The van der Waals surface area contributed by atoms with Crippen molar-refractivity contribution in [2.24, 2.45) is 38.8 Å². The molecule has 5 rings (SSSR count). The first-order valence-corrected chi connectivity index (χ1v) is 11.6. The number of nitrogens with zero attached hydrogens (tertiary/aromatic N) is 2. The van der Waals surface area contributed by atoms with Gasteiger partial charge in [0.05, 0.1) is 12.3 Å². The molecule has 160 valence electrons. The fraction of sp³-hybridized carbons (Fsp3) is 0.615. The molecule has 3 fully saturated rings. The highest BCUT2D eigenvalue weighted by Gasteiger charge is 2.57. The zero-order valence-electron chi connectivity index (χ0n) is 18.1. The van der Waals surface area contributed by atoms with Gasteiger partial charge in [0.25, 0.3) is 0 Å². The molecule has 1 aromatic carbocycles. The lowest BCUT2D eigenvalue weighted by molar-refractivity contribution is -0.0209. The van der Waals surface area contributed by atoms with E-state index in [1.807, 2.05) is 0 Å². The van der Waals surface area contributed by atoms with Gasteiger partial charge >= 0.3 is 0 Å². The van der Waals surface area contributed by atoms with E-state index in [2.05, 4.69) is 30.1 Å². The van der Waals surface area contributed by atoms with Crippen LogP contribution in [0.4, 0.5) is 4.39 Å². The summed E-state index contributed by atoms with van der Waals surface area (Å²) in [5, 5.41) is 19.2. The Morgan fingerprint density at radius 1 is 1.03 bits per heavy atom. The van der Waals surface area contributed by atoms with E-state index in [0.717, 1.165) is 49.5 Å². The summed E-state index contributed by atoms with van der Waals surface area (Å²) in [5.74, 6) is 1.91. The van der Waals surface area contributed by atoms with E-state index in [9.17, 15) is 9.50 Å². The third-order valence-corrected chi connectivity index (χ3v) is 9.07. The second-order valence-corrected chi connectivity index (χ2v) is 10.5. The maximum Gasteiger partial charge on any atom is 0.123 e. The standard InChI is InChI=1S/C26H33FN2O/c1-25-13-11-20(30)15-18(25)5-8-21-22-9-10-24(26(22,2)14-12-23(21)25)29-28-16-17-3-6-19(27)7-4-17/h3-7,16,20-23,30H,8-15H2,1-2H3/b28-16-,29-24+/t20-,21-,22-,23-,25+,26+/m1/s1. The van der Waals surface area contributed by atoms with Crippen molar-refractivity contribution in [3.05, 3.63) is 47.3 Å². The fourth-order valence-electron chi connectivity index (χ4n) is 7.31. The van der Waals surface area contributed by atoms with Gasteiger partial charge in [-0.3, -0.25) is 0 Å². The van der Waals surface area contributed by atoms with E-state index < -0.39 is 0 Å². The molecular weight excluding hydrogens is 375 g/mol. The van der Waals surface area contributed by atoms with Gasteiger partial charge in [-0.15, -0.1) is 0 Å². The molecule has 3 saturated carbocycles. The van der Waals surface area contributed by atoms with Crippen molar-refractivity contribution in [3.8, 4) is 0 Å². The molecule has 3 nitrogen and oxygen atoms in total. The molecule has 4 aliphatic rings. The van der Waals surface area contributed by atoms with Crippen molar-refractivity contribution in [3.63, 3.8) is 0 Å². The first-order chi connectivity index (χ1) is 14.4. The minimum absolute atomic E-state index is 0.140. The van der Waals surface area contributed by atoms with Crippen LogP contribution in [0.1, 0.15) is 70.8 Å². The smallest absolute Gasteiger partial charge is 0.123 e. The van der Waals surface area contributed by atoms with Crippen LogP contribution in [0.5, 0.6) is 0 Å². The van der Waals surface area contributed by atoms with Crippen LogP contribution in [-0.4, -0.2) is 23.1 Å². The molecule has 1 aromatic rings. The highest BCUT2D eigenvalue weighted by Crippen LogP contribution is 2.64. The number of halogens is 1. The van der Waals surface area contributed by atoms with E-state index in [4.69, 9.17) is 0 Å². The van der Waals surface area contributed by atoms with Crippen LogP contribution in [0.15, 0.2) is 46.1 Å². The average Bonchev–Trinajstić information content (AvgIpc) is 3.06. The predicted octanol–water partition coefficient (Wildman–Crippen LogP) is 5.92. The molecule has 4 heteroatoms. The molecule has 1 N–H and O–H groups in total. The summed E-state index contributed by atoms with van der Waals surface area (Å²) in [4.78, 5) is 0. The van der Waals surface area contributed by atoms with E-state index in [0.29, 0.717) is 5.92 Å². The second-order valence-electron chi connectivity index (χ2n) is 10.5. The third kappa shape index (κ3) is 3.19. The van der Waals surface area contributed by atoms with E-state index in [1.54, 1.807) is 18.3 Å². The van der Waals surface area contributed by atoms with E-state index in [1.165, 1.54) is 42.7 Å². The summed E-state index contributed by atoms with van der Waals surface area (Å²) >= 11 is 0. The van der Waals surface area contributed by atoms with Gasteiger partial charge in [-0.1, -0.05) is 37.6 Å². The van der Waals surface area contributed by atoms with Crippen LogP contribution in [-0.2, 0) is 0 Å². The Hall–Kier alpha value is -1.81. The number of fused-ring (bicyclic) bond motifs is 5. The van der Waals surface area contributed by atoms with Crippen LogP contribution in [0.2, 0.25) is 0 Å². The van der Waals surface area contributed by atoms with Crippen molar-refractivity contribution in [1.82, 2.24) is 0 Å². The first-order valence-electron chi connectivity index (χ1n) is 11.6. The third-order valence-electron chi connectivity index (χ3n) is 9.07. The van der Waals surface area contributed by atoms with E-state index >= 15 is 0 Å². The van der Waals surface area contributed by atoms with Gasteiger partial charge in [0, 0.05) is 11.1 Å². The van der Waals surface area contributed by atoms with Crippen molar-refractivity contribution in [1.29, 1.82) is 0 Å². The molecule has 0 spiro atoms. The quantitative estimate of drug-likeness (QED) is 0.368. The van der Waals surface area contributed by atoms with Crippen LogP contribution in [0.3, 0.4) is 0 Å². The number of benzene rings is 1. The van der Waals surface area contributed by atoms with Gasteiger partial charge in [-0.25, -0.2) is 4.39 Å². The number of rotatable bonds is 2. The molecule has 4 aliphatic carbocycles. The Balaban J connectivity index is 1.37. The normalized spacial score (nSPS) is 42.0. The van der Waals surface area contributed by atoms with Gasteiger partial charge in [0.1, 0.15) is 5.82 Å². The summed E-state index contributed by atoms with van der Waals surface area (Å²) in [7, 11) is 0. The fourth-order valence-corrected chi connectivity index (χ4v) is 7.31. The number of hydrogen-bond donors (Lipinski definition) is 1. The maximum atomic E-state index is 13.1. The van der Waals surface area contributed by atoms with Crippen molar-refractivity contribution in [2.45, 2.75) is 71.3 Å². The monoisotopic (exact) mass is 408 g/mol. The lowest BCUT2D eigenvalue weighted by atomic mass is 9.48. The second kappa shape index (κ2) is 7.40. The van der Waals surface area contributed by atoms with Crippen molar-refractivity contribution >= 4 is 11.9 Å². The first kappa shape index (κ1) is 20.1.